The van der Waals surface area contributed by atoms with Crippen LogP contribution < -0.4 is 0 Å². The fourth-order valence-electron chi connectivity index (χ4n) is 4.27. The highest BCUT2D eigenvalue weighted by Crippen LogP contribution is 2.33. The molecule has 0 saturated heterocycles. The van der Waals surface area contributed by atoms with Crippen molar-refractivity contribution in [2.45, 2.75) is 0 Å². The number of hydrogen-bond donors (Lipinski definition) is 0. The molecule has 0 spiro atoms. The molecular weight excluding hydrogens is 432 g/mol. The molecule has 0 saturated carbocycles. The molecule has 5 aromatic rings. The van der Waals surface area contributed by atoms with Crippen LogP contribution in [-0.4, -0.2) is 0 Å². The molecule has 172 valence electrons. The Balaban J connectivity index is 1.66. The number of rotatable bonds is 7. The molecule has 0 aliphatic rings. The molecule has 0 N–H and O–H groups in total. The molecule has 0 fully saturated rings. The maximum atomic E-state index is 2.28. The van der Waals surface area contributed by atoms with E-state index in [9.17, 15) is 0 Å². The van der Waals surface area contributed by atoms with Crippen LogP contribution in [0.15, 0.2) is 133 Å². The zero-order valence-electron chi connectivity index (χ0n) is 20.2. The van der Waals surface area contributed by atoms with Crippen molar-refractivity contribution in [1.82, 2.24) is 0 Å². The Bertz CT molecular complexity index is 1400. The minimum absolute atomic E-state index is 1.17. The molecule has 0 heterocycles. The van der Waals surface area contributed by atoms with Gasteiger partial charge < -0.3 is 0 Å². The van der Waals surface area contributed by atoms with Crippen LogP contribution in [0.2, 0.25) is 0 Å². The van der Waals surface area contributed by atoms with Crippen LogP contribution in [0.25, 0.3) is 47.6 Å². The first kappa shape index (κ1) is 23.1. The van der Waals surface area contributed by atoms with E-state index in [1.165, 1.54) is 44.5 Å². The highest BCUT2D eigenvalue weighted by molar-refractivity contribution is 5.90. The van der Waals surface area contributed by atoms with Gasteiger partial charge in [-0.3, -0.25) is 0 Å². The highest BCUT2D eigenvalue weighted by Gasteiger charge is 2.10. The monoisotopic (exact) mass is 460 g/mol. The van der Waals surface area contributed by atoms with Crippen LogP contribution in [-0.2, 0) is 0 Å². The quantitative estimate of drug-likeness (QED) is 0.212. The first-order valence-electron chi connectivity index (χ1n) is 12.3. The van der Waals surface area contributed by atoms with Gasteiger partial charge in [-0.1, -0.05) is 158 Å². The molecule has 5 rings (SSSR count). The molecule has 36 heavy (non-hydrogen) atoms. The molecule has 0 heteroatoms. The van der Waals surface area contributed by atoms with E-state index in [2.05, 4.69) is 152 Å². The average Bonchev–Trinajstić information content (AvgIpc) is 2.96. The molecule has 0 radical (unpaired) electrons. The second kappa shape index (κ2) is 11.6. The number of benzene rings is 5. The summed E-state index contributed by atoms with van der Waals surface area (Å²) in [6, 6.07) is 46.6. The van der Waals surface area contributed by atoms with Crippen molar-refractivity contribution in [3.63, 3.8) is 0 Å². The zero-order valence-corrected chi connectivity index (χ0v) is 20.2. The van der Waals surface area contributed by atoms with Gasteiger partial charge in [-0.15, -0.1) is 0 Å². The van der Waals surface area contributed by atoms with Gasteiger partial charge in [0.1, 0.15) is 0 Å². The van der Waals surface area contributed by atoms with Gasteiger partial charge in [-0.25, -0.2) is 0 Å². The summed E-state index contributed by atoms with van der Waals surface area (Å²) < 4.78 is 0. The van der Waals surface area contributed by atoms with Gasteiger partial charge in [-0.2, -0.15) is 0 Å². The van der Waals surface area contributed by atoms with Gasteiger partial charge in [0.2, 0.25) is 0 Å². The summed E-state index contributed by atoms with van der Waals surface area (Å²) in [5, 5.41) is 0. The Hall–Kier alpha value is -4.68. The van der Waals surface area contributed by atoms with E-state index in [-0.39, 0.29) is 0 Å². The third kappa shape index (κ3) is 6.05. The molecular formula is C36H28. The van der Waals surface area contributed by atoms with Crippen molar-refractivity contribution in [2.75, 3.05) is 0 Å². The van der Waals surface area contributed by atoms with E-state index in [0.29, 0.717) is 0 Å². The molecule has 0 bridgehead atoms. The van der Waals surface area contributed by atoms with Crippen molar-refractivity contribution >= 4 is 36.5 Å². The summed E-state index contributed by atoms with van der Waals surface area (Å²) in [5.74, 6) is 0. The summed E-state index contributed by atoms with van der Waals surface area (Å²) >= 11 is 0. The summed E-state index contributed by atoms with van der Waals surface area (Å²) in [6.45, 7) is 0. The normalized spacial score (nSPS) is 11.6. The second-order valence-corrected chi connectivity index (χ2v) is 8.67. The van der Waals surface area contributed by atoms with Crippen LogP contribution in [0, 0.1) is 0 Å². The Morgan fingerprint density at radius 2 is 0.639 bits per heavy atom. The van der Waals surface area contributed by atoms with Crippen LogP contribution in [0.1, 0.15) is 33.4 Å². The van der Waals surface area contributed by atoms with Crippen molar-refractivity contribution in [3.8, 4) is 11.1 Å². The minimum Gasteiger partial charge on any atom is -0.0622 e. The van der Waals surface area contributed by atoms with Gasteiger partial charge >= 0.3 is 0 Å². The van der Waals surface area contributed by atoms with E-state index in [4.69, 9.17) is 0 Å². The lowest BCUT2D eigenvalue weighted by Crippen LogP contribution is -1.91. The first-order chi connectivity index (χ1) is 17.8. The topological polar surface area (TPSA) is 0 Å². The largest absolute Gasteiger partial charge is 0.0622 e. The fraction of sp³-hybridized carbons (Fsp3) is 0. The lowest BCUT2D eigenvalue weighted by molar-refractivity contribution is 1.54. The van der Waals surface area contributed by atoms with E-state index in [1.54, 1.807) is 0 Å². The van der Waals surface area contributed by atoms with Gasteiger partial charge in [0.15, 0.2) is 0 Å². The van der Waals surface area contributed by atoms with Gasteiger partial charge in [-0.05, 0) is 56.6 Å². The molecule has 0 aliphatic carbocycles. The molecule has 0 nitrogen and oxygen atoms in total. The summed E-state index contributed by atoms with van der Waals surface area (Å²) in [6.07, 6.45) is 13.2. The van der Waals surface area contributed by atoms with Crippen molar-refractivity contribution in [3.05, 3.63) is 167 Å². The van der Waals surface area contributed by atoms with E-state index < -0.39 is 0 Å². The van der Waals surface area contributed by atoms with Crippen LogP contribution in [0.4, 0.5) is 0 Å². The smallest absolute Gasteiger partial charge is 0.00384 e. The van der Waals surface area contributed by atoms with E-state index >= 15 is 0 Å². The molecule has 0 amide bonds. The maximum Gasteiger partial charge on any atom is -0.00384 e. The standard InChI is InChI=1S/C36H28/c1-5-13-29(14-6-1)21-22-32-27-34(25-23-30-15-7-2-8-16-30)36(33-19-11-4-12-20-33)35(28-32)26-24-31-17-9-3-10-18-31/h1-28H. The maximum absolute atomic E-state index is 2.28. The zero-order chi connectivity index (χ0) is 24.4. The van der Waals surface area contributed by atoms with Gasteiger partial charge in [0, 0.05) is 0 Å². The molecule has 0 aliphatic heterocycles. The SMILES string of the molecule is C(=Cc1cc(C=Cc2ccccc2)c(-c2ccccc2)c(C=Cc2ccccc2)c1)c1ccccc1. The Morgan fingerprint density at radius 3 is 1.06 bits per heavy atom. The Labute approximate surface area is 214 Å². The second-order valence-electron chi connectivity index (χ2n) is 8.67. The van der Waals surface area contributed by atoms with Crippen LogP contribution >= 0.6 is 0 Å². The Morgan fingerprint density at radius 1 is 0.306 bits per heavy atom. The minimum atomic E-state index is 1.17. The summed E-state index contributed by atoms with van der Waals surface area (Å²) in [7, 11) is 0. The first-order valence-corrected chi connectivity index (χ1v) is 12.3. The number of hydrogen-bond acceptors (Lipinski definition) is 0. The van der Waals surface area contributed by atoms with E-state index in [1.807, 2.05) is 18.2 Å². The molecule has 0 aromatic heterocycles. The average molecular weight is 461 g/mol. The van der Waals surface area contributed by atoms with E-state index in [0.717, 1.165) is 0 Å². The molecule has 0 atom stereocenters. The molecule has 0 unspecified atom stereocenters. The lowest BCUT2D eigenvalue weighted by Gasteiger charge is -2.13. The summed E-state index contributed by atoms with van der Waals surface area (Å²) in [5.41, 5.74) is 9.53. The highest BCUT2D eigenvalue weighted by atomic mass is 14.1. The van der Waals surface area contributed by atoms with Crippen molar-refractivity contribution in [2.24, 2.45) is 0 Å². The lowest BCUT2D eigenvalue weighted by atomic mass is 9.90. The van der Waals surface area contributed by atoms with Gasteiger partial charge in [0.05, 0.1) is 0 Å². The van der Waals surface area contributed by atoms with Crippen LogP contribution in [0.5, 0.6) is 0 Å². The molecule has 5 aromatic carbocycles. The third-order valence-electron chi connectivity index (χ3n) is 6.06. The fourth-order valence-corrected chi connectivity index (χ4v) is 4.27. The predicted molar refractivity (Wildman–Crippen MR) is 158 cm³/mol. The van der Waals surface area contributed by atoms with Gasteiger partial charge in [0.25, 0.3) is 0 Å². The van der Waals surface area contributed by atoms with Crippen LogP contribution in [0.3, 0.4) is 0 Å². The predicted octanol–water partition coefficient (Wildman–Crippen LogP) is 9.86. The van der Waals surface area contributed by atoms with Crippen molar-refractivity contribution in [1.29, 1.82) is 0 Å². The van der Waals surface area contributed by atoms with Crippen molar-refractivity contribution < 1.29 is 0 Å². The summed E-state index contributed by atoms with van der Waals surface area (Å²) in [4.78, 5) is 0. The Kier molecular flexibility index (Phi) is 7.46. The third-order valence-corrected chi connectivity index (χ3v) is 6.06.